The van der Waals surface area contributed by atoms with Crippen LogP contribution in [0.5, 0.6) is 0 Å². The minimum absolute atomic E-state index is 0.382. The van der Waals surface area contributed by atoms with Crippen LogP contribution in [0, 0.1) is 17.3 Å². The van der Waals surface area contributed by atoms with Crippen molar-refractivity contribution in [2.45, 2.75) is 89.9 Å². The Morgan fingerprint density at radius 1 is 1.24 bits per heavy atom. The molecule has 3 aliphatic rings. The summed E-state index contributed by atoms with van der Waals surface area (Å²) >= 11 is 2.01. The van der Waals surface area contributed by atoms with Gasteiger partial charge in [0.15, 0.2) is 0 Å². The van der Waals surface area contributed by atoms with Crippen LogP contribution in [0.2, 0.25) is 0 Å². The molecule has 3 fully saturated rings. The Balaban J connectivity index is 1.65. The Labute approximate surface area is 181 Å². The molecule has 0 amide bonds. The van der Waals surface area contributed by atoms with E-state index in [0.717, 1.165) is 29.2 Å². The molecule has 3 aliphatic carbocycles. The molecule has 0 aromatic heterocycles. The van der Waals surface area contributed by atoms with E-state index in [1.165, 1.54) is 37.9 Å². The molecule has 164 valence electrons. The quantitative estimate of drug-likeness (QED) is 0.528. The zero-order valence-electron chi connectivity index (χ0n) is 18.5. The highest BCUT2D eigenvalue weighted by Crippen LogP contribution is 2.58. The van der Waals surface area contributed by atoms with Crippen LogP contribution in [0.4, 0.5) is 0 Å². The number of hydrogen-bond donors (Lipinski definition) is 3. The van der Waals surface area contributed by atoms with Crippen LogP contribution in [-0.4, -0.2) is 44.6 Å². The summed E-state index contributed by atoms with van der Waals surface area (Å²) in [5.41, 5.74) is 3.16. The standard InChI is InChI=1S/C25H40O3S/c1-17-19(14-21(26)15-23(17)27)8-7-18-6-5-11-25(4)20(9-10-22(18)25)16-29-13-12-24(2,3)28/h7-8,20-23,26-28H,1,5-6,9-16H2,2-4H3/t20-,21-,22+,23+,25-/m1/s1. The molecule has 0 radical (unpaired) electrons. The molecular formula is C25H40O3S. The number of thioether (sulfide) groups is 1. The van der Waals surface area contributed by atoms with E-state index in [2.05, 4.69) is 25.7 Å². The molecule has 3 N–H and O–H groups in total. The Morgan fingerprint density at radius 2 is 2.00 bits per heavy atom. The van der Waals surface area contributed by atoms with Gasteiger partial charge in [-0.2, -0.15) is 11.8 Å². The molecule has 0 spiro atoms. The van der Waals surface area contributed by atoms with Crippen molar-refractivity contribution in [3.63, 3.8) is 0 Å². The maximum absolute atomic E-state index is 10.1. The molecule has 0 heterocycles. The lowest BCUT2D eigenvalue weighted by molar-refractivity contribution is 0.0776. The molecular weight excluding hydrogens is 380 g/mol. The van der Waals surface area contributed by atoms with Gasteiger partial charge in [-0.3, -0.25) is 0 Å². The Bertz CT molecular complexity index is 659. The fourth-order valence-electron chi connectivity index (χ4n) is 5.63. The van der Waals surface area contributed by atoms with Gasteiger partial charge in [-0.05, 0) is 98.7 Å². The van der Waals surface area contributed by atoms with Crippen LogP contribution in [0.3, 0.4) is 0 Å². The summed E-state index contributed by atoms with van der Waals surface area (Å²) in [6, 6.07) is 0. The molecule has 0 saturated heterocycles. The Hall–Kier alpha value is -0.550. The van der Waals surface area contributed by atoms with Crippen molar-refractivity contribution < 1.29 is 15.3 Å². The first kappa shape index (κ1) is 23.1. The summed E-state index contributed by atoms with van der Waals surface area (Å²) in [4.78, 5) is 0. The van der Waals surface area contributed by atoms with Gasteiger partial charge in [0.05, 0.1) is 17.8 Å². The van der Waals surface area contributed by atoms with Crippen LogP contribution >= 0.6 is 11.8 Å². The molecule has 3 saturated carbocycles. The summed E-state index contributed by atoms with van der Waals surface area (Å²) in [5.74, 6) is 3.64. The van der Waals surface area contributed by atoms with Crippen molar-refractivity contribution in [2.75, 3.05) is 11.5 Å². The number of allylic oxidation sites excluding steroid dienone is 3. The fraction of sp³-hybridized carbons (Fsp3) is 0.760. The summed E-state index contributed by atoms with van der Waals surface area (Å²) in [6.07, 6.45) is 11.5. The zero-order chi connectivity index (χ0) is 21.2. The number of fused-ring (bicyclic) bond motifs is 1. The molecule has 29 heavy (non-hydrogen) atoms. The van der Waals surface area contributed by atoms with Crippen molar-refractivity contribution in [1.29, 1.82) is 0 Å². The van der Waals surface area contributed by atoms with Gasteiger partial charge in [0.1, 0.15) is 0 Å². The number of aliphatic hydroxyl groups excluding tert-OH is 2. The van der Waals surface area contributed by atoms with Gasteiger partial charge in [-0.15, -0.1) is 0 Å². The summed E-state index contributed by atoms with van der Waals surface area (Å²) in [7, 11) is 0. The molecule has 3 rings (SSSR count). The average Bonchev–Trinajstić information content (AvgIpc) is 2.96. The highest BCUT2D eigenvalue weighted by Gasteiger charge is 2.48. The minimum atomic E-state index is -0.614. The van der Waals surface area contributed by atoms with Crippen molar-refractivity contribution >= 4 is 11.8 Å². The second-order valence-corrected chi connectivity index (χ2v) is 11.5. The van der Waals surface area contributed by atoms with Gasteiger partial charge >= 0.3 is 0 Å². The molecule has 0 aromatic rings. The summed E-state index contributed by atoms with van der Waals surface area (Å²) in [5, 5.41) is 30.0. The Kier molecular flexibility index (Phi) is 7.41. The molecule has 0 aliphatic heterocycles. The SMILES string of the molecule is C=C1C(=CC=C2CCC[C@]3(C)[C@@H](CSCCC(C)(C)O)CC[C@@H]23)C[C@@H](O)C[C@@H]1O. The number of aliphatic hydroxyl groups is 3. The molecule has 0 bridgehead atoms. The van der Waals surface area contributed by atoms with E-state index in [9.17, 15) is 15.3 Å². The first-order valence-corrected chi connectivity index (χ1v) is 12.5. The van der Waals surface area contributed by atoms with E-state index in [-0.39, 0.29) is 0 Å². The monoisotopic (exact) mass is 420 g/mol. The van der Waals surface area contributed by atoms with Crippen molar-refractivity contribution in [1.82, 2.24) is 0 Å². The van der Waals surface area contributed by atoms with Gasteiger partial charge < -0.3 is 15.3 Å². The second-order valence-electron chi connectivity index (χ2n) is 10.4. The molecule has 4 heteroatoms. The van der Waals surface area contributed by atoms with Crippen LogP contribution in [-0.2, 0) is 0 Å². The van der Waals surface area contributed by atoms with Crippen LogP contribution < -0.4 is 0 Å². The predicted octanol–water partition coefficient (Wildman–Crippen LogP) is 5.02. The lowest BCUT2D eigenvalue weighted by Crippen LogP contribution is -2.34. The predicted molar refractivity (Wildman–Crippen MR) is 123 cm³/mol. The molecule has 5 atom stereocenters. The lowest BCUT2D eigenvalue weighted by Gasteiger charge is -2.42. The Morgan fingerprint density at radius 3 is 2.72 bits per heavy atom. The first-order valence-electron chi connectivity index (χ1n) is 11.3. The first-order chi connectivity index (χ1) is 13.6. The van der Waals surface area contributed by atoms with Crippen molar-refractivity contribution in [3.05, 3.63) is 35.5 Å². The van der Waals surface area contributed by atoms with E-state index < -0.39 is 17.8 Å². The largest absolute Gasteiger partial charge is 0.393 e. The smallest absolute Gasteiger partial charge is 0.0811 e. The van der Waals surface area contributed by atoms with Crippen molar-refractivity contribution in [3.8, 4) is 0 Å². The highest BCUT2D eigenvalue weighted by atomic mass is 32.2. The minimum Gasteiger partial charge on any atom is -0.393 e. The van der Waals surface area contributed by atoms with E-state index in [0.29, 0.717) is 24.2 Å². The molecule has 0 aromatic carbocycles. The van der Waals surface area contributed by atoms with Gasteiger partial charge in [0, 0.05) is 6.42 Å². The van der Waals surface area contributed by atoms with E-state index in [1.54, 1.807) is 5.57 Å². The van der Waals surface area contributed by atoms with E-state index in [1.807, 2.05) is 25.6 Å². The van der Waals surface area contributed by atoms with Gasteiger partial charge in [0.2, 0.25) is 0 Å². The third-order valence-corrected chi connectivity index (χ3v) is 8.73. The average molecular weight is 421 g/mol. The topological polar surface area (TPSA) is 60.7 Å². The van der Waals surface area contributed by atoms with E-state index in [4.69, 9.17) is 0 Å². The van der Waals surface area contributed by atoms with Gasteiger partial charge in [-0.25, -0.2) is 0 Å². The highest BCUT2D eigenvalue weighted by molar-refractivity contribution is 7.99. The number of rotatable bonds is 6. The van der Waals surface area contributed by atoms with E-state index >= 15 is 0 Å². The number of hydrogen-bond acceptors (Lipinski definition) is 4. The maximum Gasteiger partial charge on any atom is 0.0811 e. The van der Waals surface area contributed by atoms with Gasteiger partial charge in [-0.1, -0.05) is 31.2 Å². The molecule has 0 unspecified atom stereocenters. The maximum atomic E-state index is 10.1. The zero-order valence-corrected chi connectivity index (χ0v) is 19.3. The van der Waals surface area contributed by atoms with Gasteiger partial charge in [0.25, 0.3) is 0 Å². The third kappa shape index (κ3) is 5.58. The summed E-state index contributed by atoms with van der Waals surface area (Å²) in [6.45, 7) is 10.3. The second kappa shape index (κ2) is 9.30. The van der Waals surface area contributed by atoms with Crippen LogP contribution in [0.25, 0.3) is 0 Å². The van der Waals surface area contributed by atoms with Crippen molar-refractivity contribution in [2.24, 2.45) is 17.3 Å². The summed E-state index contributed by atoms with van der Waals surface area (Å²) < 4.78 is 0. The molecule has 3 nitrogen and oxygen atoms in total. The fourth-order valence-corrected chi connectivity index (χ4v) is 7.27. The van der Waals surface area contributed by atoms with Crippen LogP contribution in [0.15, 0.2) is 35.5 Å². The third-order valence-electron chi connectivity index (χ3n) is 7.60. The lowest BCUT2D eigenvalue weighted by atomic mass is 9.64. The van der Waals surface area contributed by atoms with Crippen LogP contribution in [0.1, 0.15) is 72.1 Å². The normalized spacial score (nSPS) is 38.6.